The van der Waals surface area contributed by atoms with Gasteiger partial charge >= 0.3 is 0 Å². The molecule has 0 saturated carbocycles. The van der Waals surface area contributed by atoms with Gasteiger partial charge in [-0.3, -0.25) is 0 Å². The minimum Gasteiger partial charge on any atom is -0.341 e. The lowest BCUT2D eigenvalue weighted by molar-refractivity contribution is 1.06. The number of rotatable bonds is 2. The number of imidazole rings is 1. The summed E-state index contributed by atoms with van der Waals surface area (Å²) < 4.78 is 0. The molecule has 0 saturated heterocycles. The summed E-state index contributed by atoms with van der Waals surface area (Å²) >= 11 is 1.80. The van der Waals surface area contributed by atoms with E-state index in [-0.39, 0.29) is 5.25 Å². The number of hydrogen-bond donors (Lipinski definition) is 1. The Balaban J connectivity index is 1.69. The Morgan fingerprint density at radius 1 is 0.800 bits per heavy atom. The number of hydrogen-bond acceptors (Lipinski definition) is 3. The van der Waals surface area contributed by atoms with Gasteiger partial charge < -0.3 is 4.98 Å². The molecule has 0 spiro atoms. The van der Waals surface area contributed by atoms with E-state index in [1.807, 2.05) is 30.3 Å². The van der Waals surface area contributed by atoms with E-state index in [2.05, 4.69) is 53.5 Å². The van der Waals surface area contributed by atoms with Crippen LogP contribution in [0.1, 0.15) is 16.6 Å². The summed E-state index contributed by atoms with van der Waals surface area (Å²) in [5.41, 5.74) is 5.26. The van der Waals surface area contributed by atoms with E-state index in [1.165, 1.54) is 4.90 Å². The molecule has 1 atom stereocenters. The minimum absolute atomic E-state index is 0.0460. The van der Waals surface area contributed by atoms with Gasteiger partial charge in [0.25, 0.3) is 0 Å². The number of aliphatic imine (C=N–C) groups is 1. The van der Waals surface area contributed by atoms with Crippen molar-refractivity contribution in [3.05, 3.63) is 90.3 Å². The molecule has 0 radical (unpaired) electrons. The fraction of sp³-hybridized carbons (Fsp3) is 0.0476. The second-order valence-electron chi connectivity index (χ2n) is 5.97. The number of fused-ring (bicyclic) bond motifs is 2. The predicted octanol–water partition coefficient (Wildman–Crippen LogP) is 5.53. The van der Waals surface area contributed by atoms with Crippen molar-refractivity contribution in [2.45, 2.75) is 10.1 Å². The Morgan fingerprint density at radius 3 is 2.44 bits per heavy atom. The van der Waals surface area contributed by atoms with Crippen LogP contribution in [0, 0.1) is 0 Å². The Morgan fingerprint density at radius 2 is 1.56 bits per heavy atom. The van der Waals surface area contributed by atoms with Gasteiger partial charge in [-0.15, -0.1) is 11.8 Å². The van der Waals surface area contributed by atoms with E-state index in [0.29, 0.717) is 0 Å². The third kappa shape index (κ3) is 2.55. The van der Waals surface area contributed by atoms with E-state index >= 15 is 0 Å². The lowest BCUT2D eigenvalue weighted by Crippen LogP contribution is -2.15. The van der Waals surface area contributed by atoms with Crippen LogP contribution in [-0.2, 0) is 0 Å². The van der Waals surface area contributed by atoms with Crippen LogP contribution >= 0.6 is 11.8 Å². The first-order chi connectivity index (χ1) is 12.4. The number of thioether (sulfide) groups is 1. The molecule has 1 aliphatic heterocycles. The first kappa shape index (κ1) is 14.5. The van der Waals surface area contributed by atoms with Crippen LogP contribution < -0.4 is 0 Å². The Labute approximate surface area is 149 Å². The normalized spacial score (nSPS) is 16.5. The molecule has 0 bridgehead atoms. The van der Waals surface area contributed by atoms with Crippen LogP contribution in [0.3, 0.4) is 0 Å². The zero-order valence-corrected chi connectivity index (χ0v) is 14.2. The molecule has 0 aliphatic carbocycles. The average molecular weight is 341 g/mol. The SMILES string of the molecule is c1ccc(C2=Nc3ccccc3S[C@H]2c2nc3ccccc3[nH]2)cc1. The van der Waals surface area contributed by atoms with E-state index in [1.54, 1.807) is 11.8 Å². The zero-order chi connectivity index (χ0) is 16.6. The van der Waals surface area contributed by atoms with Crippen LogP contribution in [0.5, 0.6) is 0 Å². The number of aromatic amines is 1. The largest absolute Gasteiger partial charge is 0.341 e. The molecule has 3 nitrogen and oxygen atoms in total. The second kappa shape index (κ2) is 5.90. The number of aromatic nitrogens is 2. The minimum atomic E-state index is 0.0460. The Hall–Kier alpha value is -2.85. The van der Waals surface area contributed by atoms with Crippen molar-refractivity contribution in [2.75, 3.05) is 0 Å². The van der Waals surface area contributed by atoms with Crippen LogP contribution in [0.15, 0.2) is 88.8 Å². The average Bonchev–Trinajstić information content (AvgIpc) is 3.12. The van der Waals surface area contributed by atoms with Crippen molar-refractivity contribution < 1.29 is 0 Å². The molecule has 1 aromatic heterocycles. The summed E-state index contributed by atoms with van der Waals surface area (Å²) in [5, 5.41) is 0.0460. The van der Waals surface area contributed by atoms with Crippen molar-refractivity contribution in [1.82, 2.24) is 9.97 Å². The van der Waals surface area contributed by atoms with Gasteiger partial charge in [0.2, 0.25) is 0 Å². The third-order valence-corrected chi connectivity index (χ3v) is 5.61. The summed E-state index contributed by atoms with van der Waals surface area (Å²) in [6.45, 7) is 0. The Kier molecular flexibility index (Phi) is 3.42. The van der Waals surface area contributed by atoms with Gasteiger partial charge in [0.1, 0.15) is 11.1 Å². The third-order valence-electron chi connectivity index (χ3n) is 4.32. The van der Waals surface area contributed by atoms with Crippen LogP contribution in [0.2, 0.25) is 0 Å². The summed E-state index contributed by atoms with van der Waals surface area (Å²) in [6.07, 6.45) is 0. The molecule has 4 heteroatoms. The number of benzene rings is 3. The molecule has 1 aliphatic rings. The van der Waals surface area contributed by atoms with Crippen molar-refractivity contribution in [3.8, 4) is 0 Å². The highest BCUT2D eigenvalue weighted by Crippen LogP contribution is 2.46. The van der Waals surface area contributed by atoms with Crippen LogP contribution in [0.25, 0.3) is 11.0 Å². The van der Waals surface area contributed by atoms with E-state index in [9.17, 15) is 0 Å². The van der Waals surface area contributed by atoms with E-state index in [0.717, 1.165) is 33.8 Å². The maximum absolute atomic E-state index is 4.98. The quantitative estimate of drug-likeness (QED) is 0.521. The first-order valence-corrected chi connectivity index (χ1v) is 9.11. The highest BCUT2D eigenvalue weighted by atomic mass is 32.2. The number of H-pyrrole nitrogens is 1. The molecule has 1 N–H and O–H groups in total. The molecule has 0 fully saturated rings. The zero-order valence-electron chi connectivity index (χ0n) is 13.4. The summed E-state index contributed by atoms with van der Waals surface area (Å²) in [6, 6.07) is 26.8. The molecule has 0 amide bonds. The number of para-hydroxylation sites is 3. The van der Waals surface area contributed by atoms with Gasteiger partial charge in [-0.2, -0.15) is 0 Å². The van der Waals surface area contributed by atoms with Gasteiger partial charge in [0.05, 0.1) is 22.4 Å². The van der Waals surface area contributed by atoms with E-state index < -0.39 is 0 Å². The maximum Gasteiger partial charge on any atom is 0.126 e. The van der Waals surface area contributed by atoms with Gasteiger partial charge in [-0.1, -0.05) is 54.6 Å². The van der Waals surface area contributed by atoms with Crippen molar-refractivity contribution in [2.24, 2.45) is 4.99 Å². The summed E-state index contributed by atoms with van der Waals surface area (Å²) in [7, 11) is 0. The van der Waals surface area contributed by atoms with E-state index in [4.69, 9.17) is 9.98 Å². The second-order valence-corrected chi connectivity index (χ2v) is 7.11. The molecular formula is C21H15N3S. The van der Waals surface area contributed by atoms with Gasteiger partial charge in [0.15, 0.2) is 0 Å². The monoisotopic (exact) mass is 341 g/mol. The van der Waals surface area contributed by atoms with Crippen molar-refractivity contribution in [1.29, 1.82) is 0 Å². The highest BCUT2D eigenvalue weighted by Gasteiger charge is 2.29. The topological polar surface area (TPSA) is 41.0 Å². The van der Waals surface area contributed by atoms with Gasteiger partial charge in [-0.05, 0) is 29.8 Å². The maximum atomic E-state index is 4.98. The molecule has 2 heterocycles. The van der Waals surface area contributed by atoms with Gasteiger partial charge in [-0.25, -0.2) is 9.98 Å². The summed E-state index contributed by atoms with van der Waals surface area (Å²) in [5.74, 6) is 0.948. The predicted molar refractivity (Wildman–Crippen MR) is 104 cm³/mol. The van der Waals surface area contributed by atoms with Crippen LogP contribution in [0.4, 0.5) is 5.69 Å². The van der Waals surface area contributed by atoms with Crippen molar-refractivity contribution in [3.63, 3.8) is 0 Å². The first-order valence-electron chi connectivity index (χ1n) is 8.23. The molecule has 25 heavy (non-hydrogen) atoms. The smallest absolute Gasteiger partial charge is 0.126 e. The van der Waals surface area contributed by atoms with Crippen molar-refractivity contribution >= 4 is 34.2 Å². The molecule has 0 unspecified atom stereocenters. The number of nitrogens with one attached hydrogen (secondary N) is 1. The molecule has 3 aromatic carbocycles. The molecule has 5 rings (SSSR count). The summed E-state index contributed by atoms with van der Waals surface area (Å²) in [4.78, 5) is 14.5. The lowest BCUT2D eigenvalue weighted by Gasteiger charge is -2.23. The highest BCUT2D eigenvalue weighted by molar-refractivity contribution is 8.00. The lowest BCUT2D eigenvalue weighted by atomic mass is 10.1. The van der Waals surface area contributed by atoms with Gasteiger partial charge in [0, 0.05) is 4.90 Å². The standard InChI is InChI=1S/C21H15N3S/c1-2-8-14(9-3-1)19-20(25-18-13-7-6-12-17(18)22-19)21-23-15-10-4-5-11-16(15)24-21/h1-13,20H,(H,23,24)/t20-/m1/s1. The molecule has 4 aromatic rings. The van der Waals surface area contributed by atoms with Crippen LogP contribution in [-0.4, -0.2) is 15.7 Å². The Bertz CT molecular complexity index is 1050. The molecule has 120 valence electrons. The fourth-order valence-corrected chi connectivity index (χ4v) is 4.30. The molecular weight excluding hydrogens is 326 g/mol. The fourth-order valence-electron chi connectivity index (χ4n) is 3.13. The number of nitrogens with zero attached hydrogens (tertiary/aromatic N) is 2.